The van der Waals surface area contributed by atoms with E-state index in [1.807, 2.05) is 17.0 Å². The average molecular weight is 366 g/mol. The second-order valence-corrected chi connectivity index (χ2v) is 7.90. The smallest absolute Gasteiger partial charge is 0.222 e. The molecule has 2 atom stereocenters. The minimum Gasteiger partial charge on any atom is -0.341 e. The topological polar surface area (TPSA) is 23.6 Å². The number of carbonyl (C=O) groups excluding carboxylic acids is 1. The van der Waals surface area contributed by atoms with Gasteiger partial charge in [-0.15, -0.1) is 0 Å². The van der Waals surface area contributed by atoms with E-state index in [0.717, 1.165) is 32.6 Å². The Bertz CT molecular complexity index is 779. The lowest BCUT2D eigenvalue weighted by molar-refractivity contribution is -0.131. The van der Waals surface area contributed by atoms with Crippen molar-refractivity contribution in [2.24, 2.45) is 5.92 Å². The maximum atomic E-state index is 13.8. The van der Waals surface area contributed by atoms with Crippen molar-refractivity contribution in [1.29, 1.82) is 0 Å². The molecule has 4 heteroatoms. The van der Waals surface area contributed by atoms with Crippen LogP contribution < -0.4 is 0 Å². The number of aryl methyl sites for hydroxylation is 1. The van der Waals surface area contributed by atoms with Crippen molar-refractivity contribution in [2.45, 2.75) is 38.3 Å². The highest BCUT2D eigenvalue weighted by Crippen LogP contribution is 2.29. The molecule has 0 N–H and O–H groups in total. The summed E-state index contributed by atoms with van der Waals surface area (Å²) in [6.45, 7) is 3.67. The molecule has 0 spiro atoms. The molecule has 142 valence electrons. The van der Waals surface area contributed by atoms with Gasteiger partial charge in [-0.25, -0.2) is 4.39 Å². The van der Waals surface area contributed by atoms with E-state index in [1.165, 1.54) is 18.1 Å². The van der Waals surface area contributed by atoms with Gasteiger partial charge in [-0.3, -0.25) is 9.69 Å². The van der Waals surface area contributed by atoms with E-state index < -0.39 is 0 Å². The molecule has 2 aromatic carbocycles. The Morgan fingerprint density at radius 1 is 0.963 bits per heavy atom. The van der Waals surface area contributed by atoms with Gasteiger partial charge < -0.3 is 4.90 Å². The van der Waals surface area contributed by atoms with Crippen molar-refractivity contribution in [2.75, 3.05) is 19.6 Å². The fourth-order valence-electron chi connectivity index (χ4n) is 4.50. The van der Waals surface area contributed by atoms with Gasteiger partial charge in [0.25, 0.3) is 0 Å². The first-order valence-corrected chi connectivity index (χ1v) is 9.98. The lowest BCUT2D eigenvalue weighted by atomic mass is 9.94. The van der Waals surface area contributed by atoms with Gasteiger partial charge in [0.15, 0.2) is 0 Å². The van der Waals surface area contributed by atoms with Crippen molar-refractivity contribution in [3.63, 3.8) is 0 Å². The van der Waals surface area contributed by atoms with Gasteiger partial charge in [-0.1, -0.05) is 48.5 Å². The van der Waals surface area contributed by atoms with Crippen molar-refractivity contribution < 1.29 is 9.18 Å². The number of fused-ring (bicyclic) bond motifs is 4. The third-order valence-corrected chi connectivity index (χ3v) is 5.97. The molecule has 5 rings (SSSR count). The van der Waals surface area contributed by atoms with Crippen LogP contribution in [-0.4, -0.2) is 41.4 Å². The zero-order chi connectivity index (χ0) is 18.6. The van der Waals surface area contributed by atoms with E-state index in [2.05, 4.69) is 29.2 Å². The average Bonchev–Trinajstić information content (AvgIpc) is 3.00. The number of halogens is 1. The zero-order valence-electron chi connectivity index (χ0n) is 15.7. The van der Waals surface area contributed by atoms with Gasteiger partial charge in [-0.05, 0) is 42.4 Å². The van der Waals surface area contributed by atoms with Crippen molar-refractivity contribution >= 4 is 5.91 Å². The lowest BCUT2D eigenvalue weighted by Crippen LogP contribution is -2.43. The van der Waals surface area contributed by atoms with Gasteiger partial charge in [0.1, 0.15) is 5.82 Å². The Morgan fingerprint density at radius 2 is 1.74 bits per heavy atom. The summed E-state index contributed by atoms with van der Waals surface area (Å²) in [7, 11) is 0. The molecule has 3 aliphatic rings. The van der Waals surface area contributed by atoms with Crippen molar-refractivity contribution in [1.82, 2.24) is 9.80 Å². The molecule has 3 aliphatic heterocycles. The van der Waals surface area contributed by atoms with E-state index >= 15 is 0 Å². The molecule has 3 heterocycles. The SMILES string of the molecule is O=C(CCc1ccccc1F)N1C[C@@H]2CC[C@H](C1)N(Cc1ccccc1)C2. The van der Waals surface area contributed by atoms with Gasteiger partial charge in [-0.2, -0.15) is 0 Å². The van der Waals surface area contributed by atoms with Gasteiger partial charge in [0.05, 0.1) is 0 Å². The fraction of sp³-hybridized carbons (Fsp3) is 0.435. The third-order valence-electron chi connectivity index (χ3n) is 5.97. The fourth-order valence-corrected chi connectivity index (χ4v) is 4.50. The summed E-state index contributed by atoms with van der Waals surface area (Å²) in [6, 6.07) is 17.8. The summed E-state index contributed by atoms with van der Waals surface area (Å²) in [4.78, 5) is 17.4. The normalized spacial score (nSPS) is 22.6. The van der Waals surface area contributed by atoms with E-state index in [-0.39, 0.29) is 11.7 Å². The first-order chi connectivity index (χ1) is 13.2. The standard InChI is InChI=1S/C23H27FN2O/c24-22-9-5-4-8-20(22)11-13-23(27)26-16-19-10-12-21(17-26)25(15-19)14-18-6-2-1-3-7-18/h1-9,19,21H,10-17H2/t19-,21-/m1/s1. The molecule has 27 heavy (non-hydrogen) atoms. The van der Waals surface area contributed by atoms with E-state index in [9.17, 15) is 9.18 Å². The van der Waals surface area contributed by atoms with Crippen LogP contribution in [0.5, 0.6) is 0 Å². The van der Waals surface area contributed by atoms with Crippen LogP contribution in [0, 0.1) is 11.7 Å². The Kier molecular flexibility index (Phi) is 5.53. The molecule has 3 fully saturated rings. The third kappa shape index (κ3) is 4.38. The zero-order valence-corrected chi connectivity index (χ0v) is 15.7. The van der Waals surface area contributed by atoms with Gasteiger partial charge in [0.2, 0.25) is 5.91 Å². The van der Waals surface area contributed by atoms with Gasteiger partial charge >= 0.3 is 0 Å². The molecular weight excluding hydrogens is 339 g/mol. The molecule has 0 unspecified atom stereocenters. The summed E-state index contributed by atoms with van der Waals surface area (Å²) >= 11 is 0. The van der Waals surface area contributed by atoms with Gasteiger partial charge in [0, 0.05) is 38.6 Å². The lowest BCUT2D eigenvalue weighted by Gasteiger charge is -2.36. The summed E-state index contributed by atoms with van der Waals surface area (Å²) in [5, 5.41) is 0. The largest absolute Gasteiger partial charge is 0.341 e. The molecule has 0 aliphatic carbocycles. The number of carbonyl (C=O) groups is 1. The van der Waals surface area contributed by atoms with Crippen LogP contribution in [0.1, 0.15) is 30.4 Å². The number of hydrogen-bond acceptors (Lipinski definition) is 2. The summed E-state index contributed by atoms with van der Waals surface area (Å²) in [6.07, 6.45) is 3.23. The molecule has 2 bridgehead atoms. The van der Waals surface area contributed by atoms with Crippen LogP contribution in [0.15, 0.2) is 54.6 Å². The highest BCUT2D eigenvalue weighted by atomic mass is 19.1. The molecule has 2 aromatic rings. The molecule has 0 aromatic heterocycles. The number of hydrogen-bond donors (Lipinski definition) is 0. The summed E-state index contributed by atoms with van der Waals surface area (Å²) < 4.78 is 13.8. The molecule has 3 saturated heterocycles. The van der Waals surface area contributed by atoms with E-state index in [4.69, 9.17) is 0 Å². The van der Waals surface area contributed by atoms with Crippen LogP contribution in [-0.2, 0) is 17.8 Å². The summed E-state index contributed by atoms with van der Waals surface area (Å²) in [5.41, 5.74) is 1.97. The highest BCUT2D eigenvalue weighted by Gasteiger charge is 2.36. The predicted octanol–water partition coefficient (Wildman–Crippen LogP) is 3.88. The molecule has 0 radical (unpaired) electrons. The van der Waals surface area contributed by atoms with Crippen molar-refractivity contribution in [3.05, 3.63) is 71.5 Å². The number of benzene rings is 2. The predicted molar refractivity (Wildman–Crippen MR) is 105 cm³/mol. The Labute approximate surface area is 160 Å². The quantitative estimate of drug-likeness (QED) is 0.802. The molecule has 1 amide bonds. The number of rotatable bonds is 5. The number of amides is 1. The maximum absolute atomic E-state index is 13.8. The Morgan fingerprint density at radius 3 is 2.56 bits per heavy atom. The molecular formula is C23H27FN2O. The number of nitrogens with zero attached hydrogens (tertiary/aromatic N) is 2. The maximum Gasteiger partial charge on any atom is 0.222 e. The minimum atomic E-state index is -0.213. The minimum absolute atomic E-state index is 0.164. The number of piperidine rings is 1. The van der Waals surface area contributed by atoms with E-state index in [1.54, 1.807) is 12.1 Å². The van der Waals surface area contributed by atoms with Crippen molar-refractivity contribution in [3.8, 4) is 0 Å². The Hall–Kier alpha value is -2.20. The van der Waals surface area contributed by atoms with Crippen LogP contribution in [0.2, 0.25) is 0 Å². The first-order valence-electron chi connectivity index (χ1n) is 9.98. The molecule has 0 saturated carbocycles. The highest BCUT2D eigenvalue weighted by molar-refractivity contribution is 5.76. The second-order valence-electron chi connectivity index (χ2n) is 7.90. The van der Waals surface area contributed by atoms with Crippen LogP contribution in [0.25, 0.3) is 0 Å². The van der Waals surface area contributed by atoms with E-state index in [0.29, 0.717) is 30.4 Å². The first kappa shape index (κ1) is 18.2. The Balaban J connectivity index is 1.38. The molecule has 3 nitrogen and oxygen atoms in total. The van der Waals surface area contributed by atoms with Crippen LogP contribution in [0.4, 0.5) is 4.39 Å². The summed E-state index contributed by atoms with van der Waals surface area (Å²) in [5.74, 6) is 0.497. The second kappa shape index (κ2) is 8.22. The monoisotopic (exact) mass is 366 g/mol. The van der Waals surface area contributed by atoms with Crippen LogP contribution in [0.3, 0.4) is 0 Å². The van der Waals surface area contributed by atoms with Crippen LogP contribution >= 0.6 is 0 Å².